The van der Waals surface area contributed by atoms with Gasteiger partial charge >= 0.3 is 0 Å². The molecule has 1 aromatic heterocycles. The highest BCUT2D eigenvalue weighted by Crippen LogP contribution is 2.29. The molecule has 0 radical (unpaired) electrons. The van der Waals surface area contributed by atoms with Crippen molar-refractivity contribution in [1.82, 2.24) is 9.97 Å². The average Bonchev–Trinajstić information content (AvgIpc) is 2.49. The van der Waals surface area contributed by atoms with Gasteiger partial charge in [-0.25, -0.2) is 4.98 Å². The number of hydrogen-bond donors (Lipinski definition) is 1. The minimum absolute atomic E-state index is 0.539. The first-order valence-corrected chi connectivity index (χ1v) is 7.31. The maximum absolute atomic E-state index is 5.28. The third kappa shape index (κ3) is 3.02. The molecule has 0 saturated heterocycles. The Morgan fingerprint density at radius 1 is 1.20 bits per heavy atom. The summed E-state index contributed by atoms with van der Waals surface area (Å²) >= 11 is 8.73. The van der Waals surface area contributed by atoms with Gasteiger partial charge in [-0.05, 0) is 34.5 Å². The van der Waals surface area contributed by atoms with Crippen LogP contribution in [0.15, 0.2) is 22.7 Å². The number of ether oxygens (including phenoxy) is 2. The molecule has 1 N–H and O–H groups in total. The normalized spacial score (nSPS) is 10.4. The number of H-pyrrole nitrogens is 1. The molecular weight excluding hydrogens is 340 g/mol. The molecule has 0 aliphatic rings. The first-order chi connectivity index (χ1) is 9.58. The van der Waals surface area contributed by atoms with E-state index in [1.165, 1.54) is 0 Å². The second-order valence-corrected chi connectivity index (χ2v) is 5.32. The van der Waals surface area contributed by atoms with Crippen molar-refractivity contribution in [2.24, 2.45) is 0 Å². The fourth-order valence-corrected chi connectivity index (χ4v) is 2.51. The fraction of sp³-hybridized carbons (Fsp3) is 0.286. The Balaban J connectivity index is 2.61. The van der Waals surface area contributed by atoms with Gasteiger partial charge in [0.2, 0.25) is 0 Å². The van der Waals surface area contributed by atoms with Gasteiger partial charge in [0.05, 0.1) is 18.7 Å². The number of hydrogen-bond acceptors (Lipinski definition) is 4. The van der Waals surface area contributed by atoms with Gasteiger partial charge in [-0.3, -0.25) is 0 Å². The predicted molar refractivity (Wildman–Crippen MR) is 85.0 cm³/mol. The number of nitrogens with zero attached hydrogens (tertiary/aromatic N) is 1. The monoisotopic (exact) mass is 354 g/mol. The highest BCUT2D eigenvalue weighted by Gasteiger charge is 2.09. The van der Waals surface area contributed by atoms with E-state index in [4.69, 9.17) is 21.7 Å². The number of benzene rings is 1. The van der Waals surface area contributed by atoms with Crippen LogP contribution in [-0.4, -0.2) is 24.2 Å². The van der Waals surface area contributed by atoms with Crippen LogP contribution in [0.4, 0.5) is 0 Å². The summed E-state index contributed by atoms with van der Waals surface area (Å²) in [6.45, 7) is 2.06. The van der Waals surface area contributed by atoms with Crippen LogP contribution < -0.4 is 9.47 Å². The molecule has 6 heteroatoms. The third-order valence-electron chi connectivity index (χ3n) is 2.91. The topological polar surface area (TPSA) is 47.1 Å². The van der Waals surface area contributed by atoms with Crippen LogP contribution in [0.3, 0.4) is 0 Å². The van der Waals surface area contributed by atoms with E-state index < -0.39 is 0 Å². The first kappa shape index (κ1) is 15.0. The summed E-state index contributed by atoms with van der Waals surface area (Å²) in [5.41, 5.74) is 1.89. The summed E-state index contributed by atoms with van der Waals surface area (Å²) in [6.07, 6.45) is 0.834. The lowest BCUT2D eigenvalue weighted by atomic mass is 10.2. The van der Waals surface area contributed by atoms with Gasteiger partial charge in [-0.1, -0.05) is 19.1 Å². The minimum atomic E-state index is 0.539. The van der Waals surface area contributed by atoms with E-state index in [0.29, 0.717) is 22.0 Å². The number of aromatic amines is 1. The molecule has 0 aliphatic carbocycles. The van der Waals surface area contributed by atoms with Crippen LogP contribution in [-0.2, 0) is 6.42 Å². The lowest BCUT2D eigenvalue weighted by Crippen LogP contribution is -1.98. The fourth-order valence-electron chi connectivity index (χ4n) is 1.83. The second kappa shape index (κ2) is 6.37. The third-order valence-corrected chi connectivity index (χ3v) is 4.33. The lowest BCUT2D eigenvalue weighted by Gasteiger charge is -2.10. The van der Waals surface area contributed by atoms with Gasteiger partial charge in [0.25, 0.3) is 0 Å². The number of rotatable bonds is 4. The van der Waals surface area contributed by atoms with Gasteiger partial charge in [0, 0.05) is 17.3 Å². The van der Waals surface area contributed by atoms with Crippen LogP contribution in [0.1, 0.15) is 12.6 Å². The van der Waals surface area contributed by atoms with E-state index in [1.54, 1.807) is 14.2 Å². The van der Waals surface area contributed by atoms with E-state index in [1.807, 2.05) is 18.2 Å². The van der Waals surface area contributed by atoms with Crippen molar-refractivity contribution in [3.63, 3.8) is 0 Å². The number of methoxy groups -OCH3 is 2. The molecule has 0 amide bonds. The standard InChI is InChI=1S/C14H15BrN2O2S/c1-4-11-12(15)14(20)17-13(16-11)8-5-9(18-2)7-10(6-8)19-3/h5-7H,4H2,1-3H3,(H,16,17,20). The van der Waals surface area contributed by atoms with E-state index in [2.05, 4.69) is 32.8 Å². The number of aromatic nitrogens is 2. The average molecular weight is 355 g/mol. The zero-order valence-corrected chi connectivity index (χ0v) is 13.9. The van der Waals surface area contributed by atoms with E-state index in [9.17, 15) is 0 Å². The van der Waals surface area contributed by atoms with Gasteiger partial charge in [0.1, 0.15) is 22.0 Å². The Labute approximate surface area is 131 Å². The maximum Gasteiger partial charge on any atom is 0.144 e. The van der Waals surface area contributed by atoms with Crippen LogP contribution in [0, 0.1) is 4.64 Å². The van der Waals surface area contributed by atoms with Crippen molar-refractivity contribution in [3.05, 3.63) is 33.0 Å². The van der Waals surface area contributed by atoms with Crippen LogP contribution in [0.25, 0.3) is 11.4 Å². The van der Waals surface area contributed by atoms with E-state index in [0.717, 1.165) is 22.2 Å². The van der Waals surface area contributed by atoms with Gasteiger partial charge < -0.3 is 14.5 Å². The Morgan fingerprint density at radius 3 is 2.30 bits per heavy atom. The Kier molecular flexibility index (Phi) is 4.77. The quantitative estimate of drug-likeness (QED) is 0.837. The molecule has 4 nitrogen and oxygen atoms in total. The predicted octanol–water partition coefficient (Wildman–Crippen LogP) is 4.15. The molecule has 0 unspecified atom stereocenters. The van der Waals surface area contributed by atoms with Crippen molar-refractivity contribution < 1.29 is 9.47 Å². The molecule has 0 spiro atoms. The van der Waals surface area contributed by atoms with Crippen molar-refractivity contribution in [1.29, 1.82) is 0 Å². The molecule has 20 heavy (non-hydrogen) atoms. The summed E-state index contributed by atoms with van der Waals surface area (Å²) in [4.78, 5) is 7.69. The maximum atomic E-state index is 5.28. The Morgan fingerprint density at radius 2 is 1.80 bits per heavy atom. The molecule has 0 atom stereocenters. The van der Waals surface area contributed by atoms with Crippen molar-refractivity contribution >= 4 is 28.1 Å². The smallest absolute Gasteiger partial charge is 0.144 e. The molecule has 0 bridgehead atoms. The molecule has 106 valence electrons. The summed E-state index contributed by atoms with van der Waals surface area (Å²) in [7, 11) is 3.24. The molecule has 0 aliphatic heterocycles. The Hall–Kier alpha value is -1.40. The second-order valence-electron chi connectivity index (χ2n) is 4.14. The number of aryl methyl sites for hydroxylation is 1. The number of nitrogens with one attached hydrogen (secondary N) is 1. The highest BCUT2D eigenvalue weighted by molar-refractivity contribution is 9.10. The zero-order chi connectivity index (χ0) is 14.7. The highest BCUT2D eigenvalue weighted by atomic mass is 79.9. The van der Waals surface area contributed by atoms with E-state index >= 15 is 0 Å². The first-order valence-electron chi connectivity index (χ1n) is 6.11. The van der Waals surface area contributed by atoms with Gasteiger partial charge in [-0.2, -0.15) is 0 Å². The van der Waals surface area contributed by atoms with Crippen molar-refractivity contribution in [2.45, 2.75) is 13.3 Å². The van der Waals surface area contributed by atoms with Crippen LogP contribution in [0.5, 0.6) is 11.5 Å². The summed E-state index contributed by atoms with van der Waals surface area (Å²) in [5, 5.41) is 0. The lowest BCUT2D eigenvalue weighted by molar-refractivity contribution is 0.394. The van der Waals surface area contributed by atoms with Crippen LogP contribution >= 0.6 is 28.1 Å². The summed E-state index contributed by atoms with van der Waals surface area (Å²) < 4.78 is 11.9. The van der Waals surface area contributed by atoms with E-state index in [-0.39, 0.29) is 0 Å². The van der Waals surface area contributed by atoms with Crippen molar-refractivity contribution in [2.75, 3.05) is 14.2 Å². The van der Waals surface area contributed by atoms with Crippen molar-refractivity contribution in [3.8, 4) is 22.9 Å². The largest absolute Gasteiger partial charge is 0.497 e. The number of halogens is 1. The molecule has 2 aromatic rings. The molecule has 1 heterocycles. The molecule has 2 rings (SSSR count). The molecule has 0 fully saturated rings. The molecule has 0 saturated carbocycles. The molecule has 1 aromatic carbocycles. The summed E-state index contributed by atoms with van der Waals surface area (Å²) in [5.74, 6) is 2.12. The molecular formula is C14H15BrN2O2S. The van der Waals surface area contributed by atoms with Gasteiger partial charge in [-0.15, -0.1) is 0 Å². The SMILES string of the molecule is CCc1[nH]c(-c2cc(OC)cc(OC)c2)nc(=S)c1Br. The minimum Gasteiger partial charge on any atom is -0.497 e. The van der Waals surface area contributed by atoms with Crippen LogP contribution in [0.2, 0.25) is 0 Å². The Bertz CT molecular complexity index is 663. The summed E-state index contributed by atoms with van der Waals surface area (Å²) in [6, 6.07) is 5.60. The van der Waals surface area contributed by atoms with Gasteiger partial charge in [0.15, 0.2) is 0 Å². The zero-order valence-electron chi connectivity index (χ0n) is 11.5.